The van der Waals surface area contributed by atoms with Gasteiger partial charge in [0.15, 0.2) is 0 Å². The topological polar surface area (TPSA) is 43.1 Å². The first kappa shape index (κ1) is 15.0. The summed E-state index contributed by atoms with van der Waals surface area (Å²) in [5, 5.41) is 0. The summed E-state index contributed by atoms with van der Waals surface area (Å²) in [4.78, 5) is 12.2. The first-order valence-electron chi connectivity index (χ1n) is 6.82. The molecule has 0 spiro atoms. The van der Waals surface area contributed by atoms with E-state index < -0.39 is 11.7 Å². The van der Waals surface area contributed by atoms with Gasteiger partial charge in [0.2, 0.25) is 0 Å². The van der Waals surface area contributed by atoms with Crippen LogP contribution in [0.5, 0.6) is 0 Å². The number of carbonyl (C=O) groups excluding carboxylic acids is 1. The van der Waals surface area contributed by atoms with Gasteiger partial charge in [0.1, 0.15) is 5.78 Å². The molecule has 5 heteroatoms. The Morgan fingerprint density at radius 1 is 1.25 bits per heavy atom. The van der Waals surface area contributed by atoms with Crippen molar-refractivity contribution in [2.75, 3.05) is 0 Å². The SMILES string of the molecule is NC1CCCCC1C(=O)Cc1cccc(C(F)(F)F)c1. The van der Waals surface area contributed by atoms with Crippen LogP contribution < -0.4 is 5.73 Å². The van der Waals surface area contributed by atoms with E-state index in [-0.39, 0.29) is 24.2 Å². The summed E-state index contributed by atoms with van der Waals surface area (Å²) >= 11 is 0. The van der Waals surface area contributed by atoms with E-state index in [4.69, 9.17) is 5.73 Å². The summed E-state index contributed by atoms with van der Waals surface area (Å²) in [7, 11) is 0. The number of halogens is 3. The molecule has 0 saturated heterocycles. The minimum atomic E-state index is -4.37. The van der Waals surface area contributed by atoms with Gasteiger partial charge in [-0.3, -0.25) is 4.79 Å². The summed E-state index contributed by atoms with van der Waals surface area (Å²) in [6.45, 7) is 0. The highest BCUT2D eigenvalue weighted by molar-refractivity contribution is 5.84. The molecule has 2 atom stereocenters. The highest BCUT2D eigenvalue weighted by Crippen LogP contribution is 2.30. The van der Waals surface area contributed by atoms with Gasteiger partial charge in [0, 0.05) is 18.4 Å². The van der Waals surface area contributed by atoms with Crippen molar-refractivity contribution in [3.8, 4) is 0 Å². The summed E-state index contributed by atoms with van der Waals surface area (Å²) in [6.07, 6.45) is -0.790. The average molecular weight is 285 g/mol. The van der Waals surface area contributed by atoms with Crippen molar-refractivity contribution in [1.82, 2.24) is 0 Å². The van der Waals surface area contributed by atoms with Crippen LogP contribution >= 0.6 is 0 Å². The van der Waals surface area contributed by atoms with E-state index in [0.29, 0.717) is 5.56 Å². The fraction of sp³-hybridized carbons (Fsp3) is 0.533. The molecule has 110 valence electrons. The van der Waals surface area contributed by atoms with E-state index >= 15 is 0 Å². The predicted molar refractivity (Wildman–Crippen MR) is 70.1 cm³/mol. The number of hydrogen-bond donors (Lipinski definition) is 1. The van der Waals surface area contributed by atoms with E-state index in [2.05, 4.69) is 0 Å². The standard InChI is InChI=1S/C15H18F3NO/c16-15(17,18)11-5-3-4-10(8-11)9-14(20)12-6-1-2-7-13(12)19/h3-5,8,12-13H,1-2,6-7,9,19H2. The van der Waals surface area contributed by atoms with Crippen LogP contribution in [0.3, 0.4) is 0 Å². The molecule has 0 amide bonds. The smallest absolute Gasteiger partial charge is 0.327 e. The Hall–Kier alpha value is -1.36. The van der Waals surface area contributed by atoms with Crippen LogP contribution in [0.2, 0.25) is 0 Å². The lowest BCUT2D eigenvalue weighted by atomic mass is 9.80. The van der Waals surface area contributed by atoms with E-state index in [0.717, 1.165) is 37.8 Å². The molecule has 0 bridgehead atoms. The number of benzene rings is 1. The Kier molecular flexibility index (Phi) is 4.48. The fourth-order valence-electron chi connectivity index (χ4n) is 2.75. The minimum absolute atomic E-state index is 0.0300. The summed E-state index contributed by atoms with van der Waals surface area (Å²) in [5.41, 5.74) is 5.62. The van der Waals surface area contributed by atoms with Crippen molar-refractivity contribution in [2.45, 2.75) is 44.3 Å². The molecule has 1 fully saturated rings. The van der Waals surface area contributed by atoms with Crippen LogP contribution in [0.25, 0.3) is 0 Å². The van der Waals surface area contributed by atoms with Crippen molar-refractivity contribution in [3.63, 3.8) is 0 Å². The Morgan fingerprint density at radius 3 is 2.60 bits per heavy atom. The number of rotatable bonds is 3. The molecule has 1 saturated carbocycles. The van der Waals surface area contributed by atoms with E-state index in [1.165, 1.54) is 6.07 Å². The number of alkyl halides is 3. The van der Waals surface area contributed by atoms with Gasteiger partial charge in [0.25, 0.3) is 0 Å². The molecule has 2 nitrogen and oxygen atoms in total. The van der Waals surface area contributed by atoms with Crippen molar-refractivity contribution in [2.24, 2.45) is 11.7 Å². The lowest BCUT2D eigenvalue weighted by Crippen LogP contribution is -2.38. The van der Waals surface area contributed by atoms with Gasteiger partial charge in [-0.15, -0.1) is 0 Å². The minimum Gasteiger partial charge on any atom is -0.327 e. The molecule has 1 aromatic rings. The highest BCUT2D eigenvalue weighted by Gasteiger charge is 2.31. The Labute approximate surface area is 116 Å². The lowest BCUT2D eigenvalue weighted by Gasteiger charge is -2.27. The third-order valence-corrected chi connectivity index (χ3v) is 3.87. The summed E-state index contributed by atoms with van der Waals surface area (Å²) in [6, 6.07) is 4.81. The first-order chi connectivity index (χ1) is 9.38. The van der Waals surface area contributed by atoms with Gasteiger partial charge in [-0.2, -0.15) is 13.2 Å². The molecule has 0 aliphatic heterocycles. The van der Waals surface area contributed by atoms with E-state index in [1.54, 1.807) is 6.07 Å². The first-order valence-corrected chi connectivity index (χ1v) is 6.82. The van der Waals surface area contributed by atoms with Gasteiger partial charge in [-0.05, 0) is 24.5 Å². The molecule has 1 aliphatic carbocycles. The fourth-order valence-corrected chi connectivity index (χ4v) is 2.75. The molecule has 2 rings (SSSR count). The number of ketones is 1. The van der Waals surface area contributed by atoms with Crippen molar-refractivity contribution in [1.29, 1.82) is 0 Å². The third-order valence-electron chi connectivity index (χ3n) is 3.87. The molecule has 0 radical (unpaired) electrons. The quantitative estimate of drug-likeness (QED) is 0.925. The van der Waals surface area contributed by atoms with Crippen LogP contribution in [-0.4, -0.2) is 11.8 Å². The van der Waals surface area contributed by atoms with Gasteiger partial charge >= 0.3 is 6.18 Å². The zero-order valence-corrected chi connectivity index (χ0v) is 11.1. The number of nitrogens with two attached hydrogens (primary N) is 1. The number of hydrogen-bond acceptors (Lipinski definition) is 2. The largest absolute Gasteiger partial charge is 0.416 e. The predicted octanol–water partition coefficient (Wildman–Crippen LogP) is 3.33. The number of carbonyl (C=O) groups is 1. The van der Waals surface area contributed by atoms with Crippen LogP contribution in [0.15, 0.2) is 24.3 Å². The zero-order chi connectivity index (χ0) is 14.8. The third kappa shape index (κ3) is 3.60. The lowest BCUT2D eigenvalue weighted by molar-refractivity contribution is -0.137. The van der Waals surface area contributed by atoms with Crippen LogP contribution in [0.1, 0.15) is 36.8 Å². The second-order valence-electron chi connectivity index (χ2n) is 5.40. The highest BCUT2D eigenvalue weighted by atomic mass is 19.4. The molecule has 0 heterocycles. The maximum atomic E-state index is 12.6. The average Bonchev–Trinajstić information content (AvgIpc) is 2.38. The second kappa shape index (κ2) is 5.95. The van der Waals surface area contributed by atoms with Gasteiger partial charge in [-0.25, -0.2) is 0 Å². The van der Waals surface area contributed by atoms with Crippen LogP contribution in [0.4, 0.5) is 13.2 Å². The Bertz CT molecular complexity index is 484. The van der Waals surface area contributed by atoms with Crippen LogP contribution in [0, 0.1) is 5.92 Å². The normalized spacial score (nSPS) is 23.6. The molecule has 1 aromatic carbocycles. The van der Waals surface area contributed by atoms with Crippen LogP contribution in [-0.2, 0) is 17.4 Å². The van der Waals surface area contributed by atoms with E-state index in [9.17, 15) is 18.0 Å². The molecule has 2 N–H and O–H groups in total. The van der Waals surface area contributed by atoms with Gasteiger partial charge in [0.05, 0.1) is 5.56 Å². The molecular weight excluding hydrogens is 267 g/mol. The Morgan fingerprint density at radius 2 is 1.95 bits per heavy atom. The van der Waals surface area contributed by atoms with Crippen molar-refractivity contribution >= 4 is 5.78 Å². The van der Waals surface area contributed by atoms with E-state index in [1.807, 2.05) is 0 Å². The molecule has 20 heavy (non-hydrogen) atoms. The Balaban J connectivity index is 2.08. The van der Waals surface area contributed by atoms with Crippen molar-refractivity contribution in [3.05, 3.63) is 35.4 Å². The van der Waals surface area contributed by atoms with Crippen molar-refractivity contribution < 1.29 is 18.0 Å². The second-order valence-corrected chi connectivity index (χ2v) is 5.40. The molecule has 2 unspecified atom stereocenters. The summed E-state index contributed by atoms with van der Waals surface area (Å²) in [5.74, 6) is -0.255. The molecule has 1 aliphatic rings. The monoisotopic (exact) mass is 285 g/mol. The summed E-state index contributed by atoms with van der Waals surface area (Å²) < 4.78 is 37.9. The maximum Gasteiger partial charge on any atom is 0.416 e. The number of Topliss-reactive ketones (excluding diaryl/α,β-unsaturated/α-hetero) is 1. The maximum absolute atomic E-state index is 12.6. The molecule has 0 aromatic heterocycles. The zero-order valence-electron chi connectivity index (χ0n) is 11.1. The molecular formula is C15H18F3NO. The van der Waals surface area contributed by atoms with Gasteiger partial charge in [-0.1, -0.05) is 31.0 Å². The van der Waals surface area contributed by atoms with Gasteiger partial charge < -0.3 is 5.73 Å².